The molecule has 0 aliphatic carbocycles. The van der Waals surface area contributed by atoms with Crippen molar-refractivity contribution in [3.8, 4) is 0 Å². The Morgan fingerprint density at radius 2 is 2.00 bits per heavy atom. The van der Waals surface area contributed by atoms with Crippen LogP contribution < -0.4 is 4.90 Å². The SMILES string of the molecule is Cc1ccc(N2CC(CCO)N(C)CC2C)c(C)c1. The Morgan fingerprint density at radius 3 is 2.63 bits per heavy atom. The number of likely N-dealkylation sites (N-methyl/N-ethyl adjacent to an activating group) is 1. The summed E-state index contributed by atoms with van der Waals surface area (Å²) in [6.45, 7) is 8.93. The number of aliphatic hydroxyl groups is 1. The fourth-order valence-electron chi connectivity index (χ4n) is 3.13. The lowest BCUT2D eigenvalue weighted by molar-refractivity contribution is 0.154. The number of benzene rings is 1. The number of rotatable bonds is 3. The van der Waals surface area contributed by atoms with Crippen molar-refractivity contribution in [1.82, 2.24) is 4.90 Å². The molecule has 3 heteroatoms. The first-order valence-corrected chi connectivity index (χ1v) is 7.18. The Morgan fingerprint density at radius 1 is 1.26 bits per heavy atom. The second kappa shape index (κ2) is 5.93. The summed E-state index contributed by atoms with van der Waals surface area (Å²) >= 11 is 0. The monoisotopic (exact) mass is 262 g/mol. The van der Waals surface area contributed by atoms with E-state index in [-0.39, 0.29) is 6.61 Å². The summed E-state index contributed by atoms with van der Waals surface area (Å²) in [7, 11) is 2.16. The molecule has 0 saturated carbocycles. The first kappa shape index (κ1) is 14.4. The highest BCUT2D eigenvalue weighted by atomic mass is 16.3. The van der Waals surface area contributed by atoms with Crippen molar-refractivity contribution < 1.29 is 5.11 Å². The molecule has 1 aromatic rings. The minimum absolute atomic E-state index is 0.268. The molecule has 0 amide bonds. The van der Waals surface area contributed by atoms with Gasteiger partial charge in [0.15, 0.2) is 0 Å². The van der Waals surface area contributed by atoms with E-state index in [4.69, 9.17) is 0 Å². The summed E-state index contributed by atoms with van der Waals surface area (Å²) in [5.41, 5.74) is 4.00. The molecule has 3 nitrogen and oxygen atoms in total. The molecule has 1 heterocycles. The first-order chi connectivity index (χ1) is 9.02. The van der Waals surface area contributed by atoms with Crippen LogP contribution in [0.1, 0.15) is 24.5 Å². The average molecular weight is 262 g/mol. The molecule has 2 unspecified atom stereocenters. The third kappa shape index (κ3) is 3.10. The van der Waals surface area contributed by atoms with Crippen LogP contribution in [0.2, 0.25) is 0 Å². The van der Waals surface area contributed by atoms with Crippen LogP contribution in [0.3, 0.4) is 0 Å². The first-order valence-electron chi connectivity index (χ1n) is 7.18. The summed E-state index contributed by atoms with van der Waals surface area (Å²) in [5.74, 6) is 0. The molecule has 1 aliphatic heterocycles. The molecular weight excluding hydrogens is 236 g/mol. The van der Waals surface area contributed by atoms with E-state index in [1.807, 2.05) is 0 Å². The Hall–Kier alpha value is -1.06. The van der Waals surface area contributed by atoms with Crippen molar-refractivity contribution in [2.75, 3.05) is 31.6 Å². The topological polar surface area (TPSA) is 26.7 Å². The van der Waals surface area contributed by atoms with Gasteiger partial charge in [0.05, 0.1) is 0 Å². The predicted molar refractivity (Wildman–Crippen MR) is 80.8 cm³/mol. The smallest absolute Gasteiger partial charge is 0.0446 e. The maximum atomic E-state index is 9.20. The normalized spacial score (nSPS) is 24.8. The van der Waals surface area contributed by atoms with Gasteiger partial charge in [-0.05, 0) is 45.9 Å². The highest BCUT2D eigenvalue weighted by molar-refractivity contribution is 5.55. The van der Waals surface area contributed by atoms with Crippen molar-refractivity contribution >= 4 is 5.69 Å². The average Bonchev–Trinajstić information content (AvgIpc) is 2.34. The van der Waals surface area contributed by atoms with Gasteiger partial charge in [-0.3, -0.25) is 4.90 Å². The number of anilines is 1. The van der Waals surface area contributed by atoms with Gasteiger partial charge >= 0.3 is 0 Å². The molecule has 106 valence electrons. The summed E-state index contributed by atoms with van der Waals surface area (Å²) < 4.78 is 0. The number of aliphatic hydroxyl groups excluding tert-OH is 1. The van der Waals surface area contributed by atoms with Crippen molar-refractivity contribution in [2.24, 2.45) is 0 Å². The van der Waals surface area contributed by atoms with E-state index in [9.17, 15) is 5.11 Å². The van der Waals surface area contributed by atoms with Crippen molar-refractivity contribution in [3.63, 3.8) is 0 Å². The molecule has 19 heavy (non-hydrogen) atoms. The van der Waals surface area contributed by atoms with E-state index in [2.05, 4.69) is 55.8 Å². The Labute approximate surface area is 116 Å². The zero-order chi connectivity index (χ0) is 14.0. The molecule has 0 radical (unpaired) electrons. The lowest BCUT2D eigenvalue weighted by Crippen LogP contribution is -2.56. The highest BCUT2D eigenvalue weighted by Gasteiger charge is 2.29. The maximum Gasteiger partial charge on any atom is 0.0446 e. The second-order valence-electron chi connectivity index (χ2n) is 5.90. The van der Waals surface area contributed by atoms with Crippen LogP contribution in [0.25, 0.3) is 0 Å². The van der Waals surface area contributed by atoms with E-state index in [0.29, 0.717) is 12.1 Å². The van der Waals surface area contributed by atoms with Gasteiger partial charge in [0.1, 0.15) is 0 Å². The number of nitrogens with zero attached hydrogens (tertiary/aromatic N) is 2. The highest BCUT2D eigenvalue weighted by Crippen LogP contribution is 2.27. The Kier molecular flexibility index (Phi) is 4.48. The van der Waals surface area contributed by atoms with Gasteiger partial charge in [-0.25, -0.2) is 0 Å². The molecule has 2 rings (SSSR count). The zero-order valence-electron chi connectivity index (χ0n) is 12.6. The Bertz CT molecular complexity index is 433. The maximum absolute atomic E-state index is 9.20. The molecule has 1 saturated heterocycles. The van der Waals surface area contributed by atoms with Gasteiger partial charge in [0.25, 0.3) is 0 Å². The standard InChI is InChI=1S/C16H26N2O/c1-12-5-6-16(13(2)9-12)18-11-15(7-8-19)17(4)10-14(18)3/h5-6,9,14-15,19H,7-8,10-11H2,1-4H3. The Balaban J connectivity index is 2.22. The van der Waals surface area contributed by atoms with E-state index >= 15 is 0 Å². The number of hydrogen-bond acceptors (Lipinski definition) is 3. The van der Waals surface area contributed by atoms with Gasteiger partial charge in [-0.2, -0.15) is 0 Å². The van der Waals surface area contributed by atoms with E-state index in [1.54, 1.807) is 0 Å². The van der Waals surface area contributed by atoms with Gasteiger partial charge in [-0.1, -0.05) is 17.7 Å². The number of aryl methyl sites for hydroxylation is 2. The number of hydrogen-bond donors (Lipinski definition) is 1. The van der Waals surface area contributed by atoms with Gasteiger partial charge in [0, 0.05) is 37.5 Å². The number of piperazine rings is 1. The quantitative estimate of drug-likeness (QED) is 0.904. The summed E-state index contributed by atoms with van der Waals surface area (Å²) in [5, 5.41) is 9.20. The zero-order valence-corrected chi connectivity index (χ0v) is 12.6. The summed E-state index contributed by atoms with van der Waals surface area (Å²) in [6.07, 6.45) is 0.852. The lowest BCUT2D eigenvalue weighted by Gasteiger charge is -2.45. The fraction of sp³-hybridized carbons (Fsp3) is 0.625. The molecular formula is C16H26N2O. The molecule has 0 spiro atoms. The van der Waals surface area contributed by atoms with Crippen LogP contribution in [-0.4, -0.2) is 48.8 Å². The van der Waals surface area contributed by atoms with Crippen LogP contribution in [-0.2, 0) is 0 Å². The summed E-state index contributed by atoms with van der Waals surface area (Å²) in [4.78, 5) is 4.87. The molecule has 1 fully saturated rings. The van der Waals surface area contributed by atoms with Gasteiger partial charge < -0.3 is 10.0 Å². The molecule has 1 N–H and O–H groups in total. The molecule has 2 atom stereocenters. The van der Waals surface area contributed by atoms with Crippen LogP contribution in [0, 0.1) is 13.8 Å². The molecule has 0 aromatic heterocycles. The van der Waals surface area contributed by atoms with Crippen molar-refractivity contribution in [2.45, 2.75) is 39.3 Å². The van der Waals surface area contributed by atoms with Crippen LogP contribution >= 0.6 is 0 Å². The van der Waals surface area contributed by atoms with Crippen molar-refractivity contribution in [1.29, 1.82) is 0 Å². The fourth-order valence-corrected chi connectivity index (χ4v) is 3.13. The largest absolute Gasteiger partial charge is 0.396 e. The molecule has 0 bridgehead atoms. The third-order valence-corrected chi connectivity index (χ3v) is 4.24. The van der Waals surface area contributed by atoms with E-state index in [0.717, 1.165) is 19.5 Å². The lowest BCUT2D eigenvalue weighted by atomic mass is 10.0. The van der Waals surface area contributed by atoms with Crippen LogP contribution in [0.5, 0.6) is 0 Å². The predicted octanol–water partition coefficient (Wildman–Crippen LogP) is 2.19. The molecule has 1 aromatic carbocycles. The van der Waals surface area contributed by atoms with E-state index < -0.39 is 0 Å². The summed E-state index contributed by atoms with van der Waals surface area (Å²) in [6, 6.07) is 7.64. The minimum Gasteiger partial charge on any atom is -0.396 e. The second-order valence-corrected chi connectivity index (χ2v) is 5.90. The van der Waals surface area contributed by atoms with Crippen LogP contribution in [0.4, 0.5) is 5.69 Å². The minimum atomic E-state index is 0.268. The van der Waals surface area contributed by atoms with Gasteiger partial charge in [-0.15, -0.1) is 0 Å². The molecule has 1 aliphatic rings. The van der Waals surface area contributed by atoms with E-state index in [1.165, 1.54) is 16.8 Å². The van der Waals surface area contributed by atoms with Crippen LogP contribution in [0.15, 0.2) is 18.2 Å². The van der Waals surface area contributed by atoms with Gasteiger partial charge in [0.2, 0.25) is 0 Å². The van der Waals surface area contributed by atoms with Crippen molar-refractivity contribution in [3.05, 3.63) is 29.3 Å². The third-order valence-electron chi connectivity index (χ3n) is 4.24.